The molecule has 0 N–H and O–H groups in total. The molecule has 0 unspecified atom stereocenters. The molecule has 0 bridgehead atoms. The minimum Gasteiger partial charge on any atom is -0.0654 e. The molecular weight excluding hydrogens is 319 g/mol. The van der Waals surface area contributed by atoms with E-state index in [1.165, 1.54) is 39.5 Å². The van der Waals surface area contributed by atoms with Crippen LogP contribution in [0.2, 0.25) is 0 Å². The van der Waals surface area contributed by atoms with Crippen molar-refractivity contribution in [1.82, 2.24) is 0 Å². The van der Waals surface area contributed by atoms with Crippen LogP contribution >= 0.6 is 22.6 Å². The van der Waals surface area contributed by atoms with E-state index in [9.17, 15) is 0 Å². The summed E-state index contributed by atoms with van der Waals surface area (Å²) >= 11 is 2.42. The molecule has 0 saturated heterocycles. The lowest BCUT2D eigenvalue weighted by Crippen LogP contribution is -1.91. The van der Waals surface area contributed by atoms with Gasteiger partial charge in [0.2, 0.25) is 0 Å². The predicted octanol–water partition coefficient (Wildman–Crippen LogP) is 5.30. The summed E-state index contributed by atoms with van der Waals surface area (Å²) < 4.78 is 1.33. The Bertz CT molecular complexity index is 488. The molecule has 0 aliphatic rings. The van der Waals surface area contributed by atoms with Gasteiger partial charge in [-0.2, -0.15) is 0 Å². The summed E-state index contributed by atoms with van der Waals surface area (Å²) in [5, 5.41) is 0. The number of hydrogen-bond acceptors (Lipinski definition) is 0. The fraction of sp³-hybridized carbons (Fsp3) is 0.250. The third-order valence-corrected chi connectivity index (χ3v) is 3.92. The zero-order chi connectivity index (χ0) is 12.1. The van der Waals surface area contributed by atoms with Gasteiger partial charge in [-0.3, -0.25) is 0 Å². The van der Waals surface area contributed by atoms with Crippen molar-refractivity contribution in [1.29, 1.82) is 0 Å². The molecule has 0 fully saturated rings. The van der Waals surface area contributed by atoms with Crippen LogP contribution in [-0.2, 0) is 6.42 Å². The largest absolute Gasteiger partial charge is 0.0654 e. The molecule has 2 rings (SSSR count). The van der Waals surface area contributed by atoms with E-state index in [0.717, 1.165) is 0 Å². The summed E-state index contributed by atoms with van der Waals surface area (Å²) in [6.07, 6.45) is 3.69. The first-order valence-corrected chi connectivity index (χ1v) is 7.23. The average Bonchev–Trinajstić information content (AvgIpc) is 2.37. The first kappa shape index (κ1) is 12.6. The second-order valence-electron chi connectivity index (χ2n) is 4.24. The van der Waals surface area contributed by atoms with E-state index in [4.69, 9.17) is 0 Å². The van der Waals surface area contributed by atoms with Gasteiger partial charge in [0.1, 0.15) is 0 Å². The summed E-state index contributed by atoms with van der Waals surface area (Å²) in [7, 11) is 0. The highest BCUT2D eigenvalue weighted by Crippen LogP contribution is 2.28. The van der Waals surface area contributed by atoms with Crippen molar-refractivity contribution in [2.45, 2.75) is 26.2 Å². The Morgan fingerprint density at radius 2 is 1.53 bits per heavy atom. The minimum absolute atomic E-state index is 1.18. The normalized spacial score (nSPS) is 10.5. The van der Waals surface area contributed by atoms with Crippen LogP contribution in [0, 0.1) is 3.57 Å². The molecule has 0 radical (unpaired) electrons. The smallest absolute Gasteiger partial charge is 0.0208 e. The minimum atomic E-state index is 1.18. The van der Waals surface area contributed by atoms with E-state index in [-0.39, 0.29) is 0 Å². The molecule has 2 aromatic rings. The molecule has 88 valence electrons. The Balaban J connectivity index is 2.41. The highest BCUT2D eigenvalue weighted by atomic mass is 127. The van der Waals surface area contributed by atoms with Gasteiger partial charge in [-0.15, -0.1) is 0 Å². The quantitative estimate of drug-likeness (QED) is 0.665. The van der Waals surface area contributed by atoms with Crippen molar-refractivity contribution >= 4 is 22.6 Å². The van der Waals surface area contributed by atoms with E-state index < -0.39 is 0 Å². The van der Waals surface area contributed by atoms with Crippen molar-refractivity contribution in [3.05, 3.63) is 57.7 Å². The lowest BCUT2D eigenvalue weighted by Gasteiger charge is -2.10. The van der Waals surface area contributed by atoms with Crippen molar-refractivity contribution in [2.75, 3.05) is 0 Å². The average molecular weight is 336 g/mol. The molecule has 0 nitrogen and oxygen atoms in total. The van der Waals surface area contributed by atoms with E-state index in [1.54, 1.807) is 0 Å². The first-order chi connectivity index (χ1) is 8.33. The van der Waals surface area contributed by atoms with E-state index in [2.05, 4.69) is 78.0 Å². The summed E-state index contributed by atoms with van der Waals surface area (Å²) in [4.78, 5) is 0. The van der Waals surface area contributed by atoms with Crippen LogP contribution in [0.1, 0.15) is 25.3 Å². The fourth-order valence-electron chi connectivity index (χ4n) is 2.05. The molecule has 0 aliphatic heterocycles. The lowest BCUT2D eigenvalue weighted by atomic mass is 9.96. The fourth-order valence-corrected chi connectivity index (χ4v) is 2.73. The van der Waals surface area contributed by atoms with E-state index >= 15 is 0 Å². The summed E-state index contributed by atoms with van der Waals surface area (Å²) in [5.41, 5.74) is 4.23. The number of unbranched alkanes of at least 4 members (excludes halogenated alkanes) is 1. The second-order valence-corrected chi connectivity index (χ2v) is 5.40. The lowest BCUT2D eigenvalue weighted by molar-refractivity contribution is 0.796. The van der Waals surface area contributed by atoms with Gasteiger partial charge in [-0.1, -0.05) is 55.8 Å². The van der Waals surface area contributed by atoms with Crippen LogP contribution in [0.5, 0.6) is 0 Å². The standard InChI is InChI=1S/C16H17I/c1-2-3-8-13-9-4-5-10-14(13)15-11-6-7-12-16(15)17/h4-7,9-12H,2-3,8H2,1H3. The molecule has 1 heteroatoms. The topological polar surface area (TPSA) is 0 Å². The number of halogens is 1. The van der Waals surface area contributed by atoms with E-state index in [0.29, 0.717) is 0 Å². The molecule has 0 aromatic heterocycles. The van der Waals surface area contributed by atoms with Crippen LogP contribution in [-0.4, -0.2) is 0 Å². The van der Waals surface area contributed by atoms with Crippen molar-refractivity contribution in [3.63, 3.8) is 0 Å². The number of hydrogen-bond donors (Lipinski definition) is 0. The maximum Gasteiger partial charge on any atom is 0.0208 e. The van der Waals surface area contributed by atoms with Crippen LogP contribution in [0.4, 0.5) is 0 Å². The van der Waals surface area contributed by atoms with Gasteiger partial charge in [-0.25, -0.2) is 0 Å². The SMILES string of the molecule is CCCCc1ccccc1-c1ccccc1I. The Labute approximate surface area is 117 Å². The van der Waals surface area contributed by atoms with Crippen molar-refractivity contribution < 1.29 is 0 Å². The molecule has 0 saturated carbocycles. The highest BCUT2D eigenvalue weighted by molar-refractivity contribution is 14.1. The van der Waals surface area contributed by atoms with Gasteiger partial charge >= 0.3 is 0 Å². The Hall–Kier alpha value is -0.830. The Kier molecular flexibility index (Phi) is 4.60. The zero-order valence-electron chi connectivity index (χ0n) is 10.1. The maximum atomic E-state index is 2.42. The monoisotopic (exact) mass is 336 g/mol. The maximum absolute atomic E-state index is 2.42. The molecule has 0 atom stereocenters. The molecule has 0 aliphatic carbocycles. The van der Waals surface area contributed by atoms with Crippen LogP contribution in [0.25, 0.3) is 11.1 Å². The van der Waals surface area contributed by atoms with Gasteiger partial charge < -0.3 is 0 Å². The summed E-state index contributed by atoms with van der Waals surface area (Å²) in [6, 6.07) is 17.4. The Morgan fingerprint density at radius 1 is 0.882 bits per heavy atom. The first-order valence-electron chi connectivity index (χ1n) is 6.15. The van der Waals surface area contributed by atoms with Gasteiger partial charge in [0, 0.05) is 3.57 Å². The zero-order valence-corrected chi connectivity index (χ0v) is 12.3. The van der Waals surface area contributed by atoms with Crippen LogP contribution in [0.15, 0.2) is 48.5 Å². The third kappa shape index (κ3) is 3.09. The molecule has 0 heterocycles. The summed E-state index contributed by atoms with van der Waals surface area (Å²) in [5.74, 6) is 0. The third-order valence-electron chi connectivity index (χ3n) is 2.98. The van der Waals surface area contributed by atoms with Crippen molar-refractivity contribution in [3.8, 4) is 11.1 Å². The highest BCUT2D eigenvalue weighted by Gasteiger charge is 2.06. The molecule has 0 amide bonds. The van der Waals surface area contributed by atoms with Gasteiger partial charge in [-0.05, 0) is 58.2 Å². The molecule has 17 heavy (non-hydrogen) atoms. The molecular formula is C16H17I. The van der Waals surface area contributed by atoms with Gasteiger partial charge in [0.05, 0.1) is 0 Å². The number of aryl methyl sites for hydroxylation is 1. The predicted molar refractivity (Wildman–Crippen MR) is 83.2 cm³/mol. The Morgan fingerprint density at radius 3 is 2.24 bits per heavy atom. The van der Waals surface area contributed by atoms with Gasteiger partial charge in [0.15, 0.2) is 0 Å². The summed E-state index contributed by atoms with van der Waals surface area (Å²) in [6.45, 7) is 2.24. The van der Waals surface area contributed by atoms with Crippen LogP contribution in [0.3, 0.4) is 0 Å². The number of benzene rings is 2. The molecule has 2 aromatic carbocycles. The van der Waals surface area contributed by atoms with E-state index in [1.807, 2.05) is 0 Å². The van der Waals surface area contributed by atoms with Crippen molar-refractivity contribution in [2.24, 2.45) is 0 Å². The van der Waals surface area contributed by atoms with Gasteiger partial charge in [0.25, 0.3) is 0 Å². The van der Waals surface area contributed by atoms with Crippen LogP contribution < -0.4 is 0 Å². The number of rotatable bonds is 4. The molecule has 0 spiro atoms. The second kappa shape index (κ2) is 6.20.